The Morgan fingerprint density at radius 3 is 2.64 bits per heavy atom. The summed E-state index contributed by atoms with van der Waals surface area (Å²) in [6.07, 6.45) is 4.77. The molecule has 1 aliphatic rings. The summed E-state index contributed by atoms with van der Waals surface area (Å²) in [6, 6.07) is 14.9. The van der Waals surface area contributed by atoms with Gasteiger partial charge in [-0.15, -0.1) is 11.3 Å². The number of carbonyl (C=O) groups excluding carboxylic acids is 1. The summed E-state index contributed by atoms with van der Waals surface area (Å²) in [4.78, 5) is 19.5. The first-order chi connectivity index (χ1) is 15.7. The molecular formula is C27H29ClN2O2S. The fraction of sp³-hybridized carbons (Fsp3) is 0.333. The highest BCUT2D eigenvalue weighted by atomic mass is 35.5. The number of methoxy groups -OCH3 is 1. The topological polar surface area (TPSA) is 50.7 Å². The van der Waals surface area contributed by atoms with Crippen molar-refractivity contribution in [3.05, 3.63) is 75.1 Å². The van der Waals surface area contributed by atoms with E-state index in [1.165, 1.54) is 4.88 Å². The third-order valence-electron chi connectivity index (χ3n) is 6.23. The van der Waals surface area contributed by atoms with Gasteiger partial charge in [0.2, 0.25) is 0 Å². The number of hydrogen-bond donors (Lipinski definition) is 1. The van der Waals surface area contributed by atoms with Crippen LogP contribution in [0.4, 0.5) is 10.7 Å². The number of anilines is 1. The lowest BCUT2D eigenvalue weighted by Crippen LogP contribution is -2.27. The second-order valence-corrected chi connectivity index (χ2v) is 11.0. The first-order valence-electron chi connectivity index (χ1n) is 11.1. The van der Waals surface area contributed by atoms with E-state index in [9.17, 15) is 4.79 Å². The van der Waals surface area contributed by atoms with Gasteiger partial charge in [0.15, 0.2) is 0 Å². The van der Waals surface area contributed by atoms with Crippen molar-refractivity contribution in [2.75, 3.05) is 12.4 Å². The zero-order chi connectivity index (χ0) is 23.6. The maximum absolute atomic E-state index is 13.4. The van der Waals surface area contributed by atoms with Crippen LogP contribution in [0.25, 0.3) is 0 Å². The van der Waals surface area contributed by atoms with E-state index in [-0.39, 0.29) is 11.3 Å². The van der Waals surface area contributed by atoms with E-state index in [1.54, 1.807) is 30.6 Å². The van der Waals surface area contributed by atoms with E-state index < -0.39 is 0 Å². The van der Waals surface area contributed by atoms with Gasteiger partial charge in [-0.3, -0.25) is 4.79 Å². The summed E-state index contributed by atoms with van der Waals surface area (Å²) < 4.78 is 5.24. The summed E-state index contributed by atoms with van der Waals surface area (Å²) in [5.74, 6) is 1.25. The quantitative estimate of drug-likeness (QED) is 0.383. The van der Waals surface area contributed by atoms with E-state index in [4.69, 9.17) is 21.3 Å². The van der Waals surface area contributed by atoms with E-state index in [2.05, 4.69) is 26.1 Å². The van der Waals surface area contributed by atoms with Crippen LogP contribution in [0.5, 0.6) is 5.75 Å². The molecular weight excluding hydrogens is 452 g/mol. The minimum Gasteiger partial charge on any atom is -0.497 e. The number of thiophene rings is 1. The number of halogens is 1. The van der Waals surface area contributed by atoms with Crippen molar-refractivity contribution < 1.29 is 9.53 Å². The lowest BCUT2D eigenvalue weighted by molar-refractivity contribution is 0.102. The first kappa shape index (κ1) is 23.5. The molecule has 0 aliphatic heterocycles. The number of aliphatic imine (C=N–C) groups is 1. The Balaban J connectivity index is 1.68. The van der Waals surface area contributed by atoms with Gasteiger partial charge >= 0.3 is 0 Å². The lowest BCUT2D eigenvalue weighted by atomic mass is 9.72. The number of hydrogen-bond acceptors (Lipinski definition) is 4. The van der Waals surface area contributed by atoms with Gasteiger partial charge < -0.3 is 10.1 Å². The van der Waals surface area contributed by atoms with Gasteiger partial charge in [-0.1, -0.05) is 38.4 Å². The van der Waals surface area contributed by atoms with Crippen LogP contribution in [0.2, 0.25) is 5.02 Å². The maximum Gasteiger partial charge on any atom is 0.259 e. The van der Waals surface area contributed by atoms with Gasteiger partial charge in [0, 0.05) is 21.8 Å². The molecule has 3 aromatic rings. The fourth-order valence-corrected chi connectivity index (χ4v) is 5.68. The summed E-state index contributed by atoms with van der Waals surface area (Å²) in [5.41, 5.74) is 3.70. The summed E-state index contributed by atoms with van der Waals surface area (Å²) in [6.45, 7) is 6.89. The van der Waals surface area contributed by atoms with E-state index in [0.29, 0.717) is 22.2 Å². The zero-order valence-corrected chi connectivity index (χ0v) is 21.0. The van der Waals surface area contributed by atoms with Gasteiger partial charge in [-0.05, 0) is 84.2 Å². The third-order valence-corrected chi connectivity index (χ3v) is 7.63. The average Bonchev–Trinajstić information content (AvgIpc) is 3.15. The Kier molecular flexibility index (Phi) is 6.91. The van der Waals surface area contributed by atoms with Crippen LogP contribution in [-0.2, 0) is 12.8 Å². The summed E-state index contributed by atoms with van der Waals surface area (Å²) >= 11 is 7.76. The molecule has 4 rings (SSSR count). The van der Waals surface area contributed by atoms with Crippen molar-refractivity contribution in [2.45, 2.75) is 40.0 Å². The van der Waals surface area contributed by atoms with Crippen LogP contribution < -0.4 is 10.1 Å². The predicted octanol–water partition coefficient (Wildman–Crippen LogP) is 7.56. The molecule has 1 N–H and O–H groups in total. The normalized spacial score (nSPS) is 16.0. The van der Waals surface area contributed by atoms with Gasteiger partial charge in [0.25, 0.3) is 5.91 Å². The molecule has 0 saturated heterocycles. The predicted molar refractivity (Wildman–Crippen MR) is 139 cm³/mol. The molecule has 0 saturated carbocycles. The summed E-state index contributed by atoms with van der Waals surface area (Å²) in [5, 5.41) is 4.37. The minimum atomic E-state index is -0.133. The Labute approximate surface area is 204 Å². The molecule has 0 bridgehead atoms. The molecule has 6 heteroatoms. The highest BCUT2D eigenvalue weighted by Crippen LogP contribution is 2.45. The number of ether oxygens (including phenoxy) is 1. The number of rotatable bonds is 5. The van der Waals surface area contributed by atoms with Crippen molar-refractivity contribution in [2.24, 2.45) is 16.3 Å². The molecule has 1 aromatic heterocycles. The number of nitrogens with zero attached hydrogens (tertiary/aromatic N) is 1. The minimum absolute atomic E-state index is 0.133. The van der Waals surface area contributed by atoms with Gasteiger partial charge in [-0.2, -0.15) is 0 Å². The SMILES string of the molecule is COc1ccc(C=Nc2sc3c(c2C(=O)Nc2cccc(Cl)c2)CC[C@@H](C(C)(C)C)C3)cc1. The number of fused-ring (bicyclic) bond motifs is 1. The molecule has 33 heavy (non-hydrogen) atoms. The first-order valence-corrected chi connectivity index (χ1v) is 12.3. The van der Waals surface area contributed by atoms with Crippen molar-refractivity contribution in [1.82, 2.24) is 0 Å². The fourth-order valence-electron chi connectivity index (χ4n) is 4.22. The van der Waals surface area contributed by atoms with Crippen molar-refractivity contribution >= 4 is 45.7 Å². The second-order valence-electron chi connectivity index (χ2n) is 9.49. The highest BCUT2D eigenvalue weighted by Gasteiger charge is 2.33. The Morgan fingerprint density at radius 1 is 1.21 bits per heavy atom. The van der Waals surface area contributed by atoms with Crippen LogP contribution in [0.15, 0.2) is 53.5 Å². The highest BCUT2D eigenvalue weighted by molar-refractivity contribution is 7.16. The molecule has 1 heterocycles. The maximum atomic E-state index is 13.4. The number of nitrogens with one attached hydrogen (secondary N) is 1. The Bertz CT molecular complexity index is 1180. The monoisotopic (exact) mass is 480 g/mol. The molecule has 0 radical (unpaired) electrons. The molecule has 0 spiro atoms. The van der Waals surface area contributed by atoms with Gasteiger partial charge in [0.1, 0.15) is 10.8 Å². The van der Waals surface area contributed by atoms with Crippen LogP contribution in [0.3, 0.4) is 0 Å². The van der Waals surface area contributed by atoms with Crippen molar-refractivity contribution in [1.29, 1.82) is 0 Å². The van der Waals surface area contributed by atoms with Gasteiger partial charge in [0.05, 0.1) is 12.7 Å². The van der Waals surface area contributed by atoms with Crippen molar-refractivity contribution in [3.8, 4) is 5.75 Å². The average molecular weight is 481 g/mol. The smallest absolute Gasteiger partial charge is 0.259 e. The Hall–Kier alpha value is -2.63. The van der Waals surface area contributed by atoms with E-state index in [1.807, 2.05) is 42.6 Å². The molecule has 0 fully saturated rings. The summed E-state index contributed by atoms with van der Waals surface area (Å²) in [7, 11) is 1.65. The molecule has 0 unspecified atom stereocenters. The van der Waals surface area contributed by atoms with Crippen LogP contribution in [0.1, 0.15) is 53.6 Å². The van der Waals surface area contributed by atoms with Crippen LogP contribution in [-0.4, -0.2) is 19.2 Å². The largest absolute Gasteiger partial charge is 0.497 e. The molecule has 1 aliphatic carbocycles. The molecule has 1 amide bonds. The standard InChI is InChI=1S/C27H29ClN2O2S/c1-27(2,3)18-10-13-22-23(14-18)33-26(29-16-17-8-11-21(32-4)12-9-17)24(22)25(31)30-20-7-5-6-19(28)15-20/h5-9,11-12,15-16,18H,10,13-14H2,1-4H3,(H,30,31)/t18-/m1/s1. The zero-order valence-electron chi connectivity index (χ0n) is 19.4. The van der Waals surface area contributed by atoms with Gasteiger partial charge in [-0.25, -0.2) is 4.99 Å². The lowest BCUT2D eigenvalue weighted by Gasteiger charge is -2.33. The molecule has 172 valence electrons. The molecule has 1 atom stereocenters. The Morgan fingerprint density at radius 2 is 1.97 bits per heavy atom. The third kappa shape index (κ3) is 5.48. The number of benzene rings is 2. The molecule has 4 nitrogen and oxygen atoms in total. The van der Waals surface area contributed by atoms with Crippen molar-refractivity contribution in [3.63, 3.8) is 0 Å². The number of carbonyl (C=O) groups is 1. The second kappa shape index (κ2) is 9.70. The van der Waals surface area contributed by atoms with Crippen LogP contribution in [0, 0.1) is 11.3 Å². The molecule has 2 aromatic carbocycles. The van der Waals surface area contributed by atoms with E-state index >= 15 is 0 Å². The van der Waals surface area contributed by atoms with Crippen LogP contribution >= 0.6 is 22.9 Å². The van der Waals surface area contributed by atoms with E-state index in [0.717, 1.165) is 41.1 Å². The number of amides is 1.